The van der Waals surface area contributed by atoms with E-state index < -0.39 is 34.7 Å². The Morgan fingerprint density at radius 2 is 1.48 bits per heavy atom. The molecule has 6 aliphatic carbocycles. The topological polar surface area (TPSA) is 139 Å². The van der Waals surface area contributed by atoms with Crippen molar-refractivity contribution in [2.75, 3.05) is 26.3 Å². The molecule has 5 saturated carbocycles. The van der Waals surface area contributed by atoms with E-state index in [-0.39, 0.29) is 69.1 Å². The highest BCUT2D eigenvalue weighted by molar-refractivity contribution is 6.09. The maximum atomic E-state index is 14.5. The van der Waals surface area contributed by atoms with Gasteiger partial charge >= 0.3 is 11.9 Å². The van der Waals surface area contributed by atoms with Crippen molar-refractivity contribution < 1.29 is 38.6 Å². The molecule has 0 radical (unpaired) electrons. The smallest absolute Gasteiger partial charge is 0.309 e. The maximum Gasteiger partial charge on any atom is 0.309 e. The van der Waals surface area contributed by atoms with E-state index >= 15 is 0 Å². The second-order valence-electron chi connectivity index (χ2n) is 21.9. The molecular weight excluding hydrogens is 709 g/mol. The molecule has 10 heteroatoms. The molecule has 312 valence electrons. The van der Waals surface area contributed by atoms with Gasteiger partial charge in [-0.2, -0.15) is 0 Å². The van der Waals surface area contributed by atoms with Crippen LogP contribution in [0.2, 0.25) is 0 Å². The zero-order chi connectivity index (χ0) is 41.1. The highest BCUT2D eigenvalue weighted by Gasteiger charge is 2.69. The second kappa shape index (κ2) is 13.7. The summed E-state index contributed by atoms with van der Waals surface area (Å²) in [6.45, 7) is 25.4. The van der Waals surface area contributed by atoms with Gasteiger partial charge in [-0.15, -0.1) is 0 Å². The minimum atomic E-state index is -1.30. The van der Waals surface area contributed by atoms with Crippen LogP contribution in [0, 0.1) is 73.9 Å². The predicted molar refractivity (Wildman–Crippen MR) is 212 cm³/mol. The molecule has 1 saturated heterocycles. The third kappa shape index (κ3) is 5.81. The zero-order valence-electron chi connectivity index (χ0n) is 36.1. The van der Waals surface area contributed by atoms with Crippen molar-refractivity contribution in [1.29, 1.82) is 0 Å². The molecule has 0 bridgehead atoms. The lowest BCUT2D eigenvalue weighted by molar-refractivity contribution is -0.235. The van der Waals surface area contributed by atoms with Crippen LogP contribution in [0.15, 0.2) is 11.1 Å². The first kappa shape index (κ1) is 41.4. The summed E-state index contributed by atoms with van der Waals surface area (Å²) < 4.78 is 11.8. The Hall–Kier alpha value is -2.75. The maximum absolute atomic E-state index is 14.5. The number of morpholine rings is 1. The van der Waals surface area contributed by atoms with Gasteiger partial charge in [-0.25, -0.2) is 0 Å². The van der Waals surface area contributed by atoms with Crippen molar-refractivity contribution in [3.63, 3.8) is 0 Å². The van der Waals surface area contributed by atoms with Crippen LogP contribution in [0.3, 0.4) is 0 Å². The number of Topliss-reactive ketones (excluding diaryl/α,β-unsaturated/α-hetero) is 1. The number of nitrogens with one attached hydrogen (secondary N) is 1. The summed E-state index contributed by atoms with van der Waals surface area (Å²) in [5, 5.41) is 12.8. The fourth-order valence-corrected chi connectivity index (χ4v) is 14.5. The summed E-state index contributed by atoms with van der Waals surface area (Å²) in [6.07, 6.45) is 7.96. The summed E-state index contributed by atoms with van der Waals surface area (Å²) in [7, 11) is 0. The first-order valence-electron chi connectivity index (χ1n) is 21.9. The van der Waals surface area contributed by atoms with Crippen molar-refractivity contribution in [2.45, 2.75) is 146 Å². The molecule has 6 fully saturated rings. The molecule has 56 heavy (non-hydrogen) atoms. The van der Waals surface area contributed by atoms with E-state index in [9.17, 15) is 29.1 Å². The van der Waals surface area contributed by atoms with Crippen molar-refractivity contribution in [3.05, 3.63) is 11.1 Å². The van der Waals surface area contributed by atoms with E-state index in [1.165, 1.54) is 5.57 Å². The third-order valence-electron chi connectivity index (χ3n) is 18.2. The minimum absolute atomic E-state index is 0.0233. The molecule has 11 atom stereocenters. The lowest BCUT2D eigenvalue weighted by Gasteiger charge is -2.71. The highest BCUT2D eigenvalue weighted by Crippen LogP contribution is 2.75. The fourth-order valence-electron chi connectivity index (χ4n) is 14.5. The van der Waals surface area contributed by atoms with E-state index in [1.807, 2.05) is 13.8 Å². The SMILES string of the molecule is CC(C)C1=C2C(CC[C@]3(C)[C@@H]2CC[C@@H]2[C@@]4(C)CC[C@H](OC(=O)[C@H]5C[C@@H](C(=O)O)C5(C)C)C(C)(C)[C@@H]4CC[C@]23C)[C@H](NC(=O)C(C)(C)C(=O)N2CCOCC2)C1=O. The molecule has 0 aromatic heterocycles. The van der Waals surface area contributed by atoms with Gasteiger partial charge in [0.25, 0.3) is 0 Å². The van der Waals surface area contributed by atoms with Crippen molar-refractivity contribution in [3.8, 4) is 0 Å². The van der Waals surface area contributed by atoms with Gasteiger partial charge in [0.15, 0.2) is 5.78 Å². The summed E-state index contributed by atoms with van der Waals surface area (Å²) >= 11 is 0. The van der Waals surface area contributed by atoms with E-state index in [2.05, 4.69) is 53.8 Å². The Morgan fingerprint density at radius 3 is 2.09 bits per heavy atom. The molecule has 0 aromatic carbocycles. The molecule has 7 rings (SSSR count). The van der Waals surface area contributed by atoms with Crippen LogP contribution in [0.25, 0.3) is 0 Å². The van der Waals surface area contributed by atoms with Gasteiger partial charge in [-0.1, -0.05) is 67.9 Å². The number of hydrogen-bond donors (Lipinski definition) is 2. The Kier molecular flexibility index (Phi) is 10.1. The zero-order valence-corrected chi connectivity index (χ0v) is 36.1. The number of carboxylic acid groups (broad SMARTS) is 1. The lowest BCUT2D eigenvalue weighted by atomic mass is 9.33. The molecule has 7 aliphatic rings. The molecule has 1 heterocycles. The third-order valence-corrected chi connectivity index (χ3v) is 18.2. The summed E-state index contributed by atoms with van der Waals surface area (Å²) in [5.74, 6) is -1.47. The number of aliphatic carboxylic acids is 1. The molecule has 10 nitrogen and oxygen atoms in total. The van der Waals surface area contributed by atoms with Crippen LogP contribution in [-0.2, 0) is 33.4 Å². The van der Waals surface area contributed by atoms with Gasteiger partial charge in [-0.05, 0) is 123 Å². The van der Waals surface area contributed by atoms with Crippen molar-refractivity contribution in [2.24, 2.45) is 73.9 Å². The molecule has 1 aliphatic heterocycles. The number of esters is 1. The minimum Gasteiger partial charge on any atom is -0.481 e. The molecule has 0 aromatic rings. The number of ether oxygens (including phenoxy) is 2. The van der Waals surface area contributed by atoms with E-state index in [0.717, 1.165) is 56.9 Å². The molecule has 2 amide bonds. The number of carboxylic acids is 1. The van der Waals surface area contributed by atoms with Gasteiger partial charge < -0.3 is 24.8 Å². The Balaban J connectivity index is 1.10. The first-order valence-corrected chi connectivity index (χ1v) is 21.9. The number of hydrogen-bond acceptors (Lipinski definition) is 7. The molecule has 2 N–H and O–H groups in total. The van der Waals surface area contributed by atoms with Crippen LogP contribution in [0.4, 0.5) is 0 Å². The monoisotopic (exact) mass is 779 g/mol. The molecule has 1 unspecified atom stereocenters. The normalized spacial score (nSPS) is 41.4. The van der Waals surface area contributed by atoms with Gasteiger partial charge in [0.1, 0.15) is 11.5 Å². The second-order valence-corrected chi connectivity index (χ2v) is 21.9. The van der Waals surface area contributed by atoms with Crippen molar-refractivity contribution >= 4 is 29.5 Å². The largest absolute Gasteiger partial charge is 0.481 e. The summed E-state index contributed by atoms with van der Waals surface area (Å²) in [6, 6.07) is -0.644. The number of rotatable bonds is 7. The summed E-state index contributed by atoms with van der Waals surface area (Å²) in [4.78, 5) is 69.2. The quantitative estimate of drug-likeness (QED) is 0.204. The Labute approximate surface area is 335 Å². The van der Waals surface area contributed by atoms with Crippen LogP contribution >= 0.6 is 0 Å². The van der Waals surface area contributed by atoms with Gasteiger partial charge in [-0.3, -0.25) is 24.0 Å². The number of nitrogens with zero attached hydrogens (tertiary/aromatic N) is 1. The Morgan fingerprint density at radius 1 is 0.839 bits per heavy atom. The van der Waals surface area contributed by atoms with E-state index in [0.29, 0.717) is 44.6 Å². The number of carbonyl (C=O) groups excluding carboxylic acids is 4. The Bertz CT molecular complexity index is 1700. The molecular formula is C46H70N2O8. The number of amides is 2. The fraction of sp³-hybridized carbons (Fsp3) is 0.848. The van der Waals surface area contributed by atoms with Gasteiger partial charge in [0.05, 0.1) is 31.1 Å². The number of ketones is 1. The number of carbonyl (C=O) groups is 5. The predicted octanol–water partition coefficient (Wildman–Crippen LogP) is 7.24. The molecule has 0 spiro atoms. The van der Waals surface area contributed by atoms with Gasteiger partial charge in [0.2, 0.25) is 11.8 Å². The van der Waals surface area contributed by atoms with Crippen molar-refractivity contribution in [1.82, 2.24) is 10.2 Å². The number of fused-ring (bicyclic) bond motifs is 7. The van der Waals surface area contributed by atoms with Crippen LogP contribution in [0.1, 0.15) is 134 Å². The van der Waals surface area contributed by atoms with Crippen LogP contribution in [0.5, 0.6) is 0 Å². The lowest BCUT2D eigenvalue weighted by Crippen LogP contribution is -2.65. The summed E-state index contributed by atoms with van der Waals surface area (Å²) in [5.41, 5.74) is 0.122. The highest BCUT2D eigenvalue weighted by atomic mass is 16.5. The van der Waals surface area contributed by atoms with Gasteiger partial charge in [0, 0.05) is 24.4 Å². The standard InChI is InChI=1S/C46H70N2O8/c1-25(2)33-34-26(35(36(33)49)47-39(53)43(7,8)40(54)48-20-22-55-23-21-48)14-18-45(10)27(34)12-13-31-44(9)17-16-32(42(5,6)30(44)15-19-46(31,45)11)56-38(52)29-24-28(37(50)51)41(29,3)4/h25-32,35H,12-24H2,1-11H3,(H,47,53)(H,50,51)/t26?,27-,28+,29-,30+,31-,32+,35+,44+,45-,46-/m1/s1. The van der Waals surface area contributed by atoms with Crippen LogP contribution in [-0.4, -0.2) is 78.0 Å². The van der Waals surface area contributed by atoms with E-state index in [4.69, 9.17) is 9.47 Å². The average molecular weight is 779 g/mol. The van der Waals surface area contributed by atoms with Crippen LogP contribution < -0.4 is 5.32 Å². The average Bonchev–Trinajstić information content (AvgIpc) is 3.39. The van der Waals surface area contributed by atoms with E-state index in [1.54, 1.807) is 18.7 Å². The first-order chi connectivity index (χ1) is 26.0.